The zero-order chi connectivity index (χ0) is 22.0. The van der Waals surface area contributed by atoms with E-state index in [0.29, 0.717) is 28.5 Å². The van der Waals surface area contributed by atoms with E-state index in [1.165, 1.54) is 43.8 Å². The van der Waals surface area contributed by atoms with Crippen LogP contribution in [0.25, 0.3) is 0 Å². The maximum absolute atomic E-state index is 12.9. The molecule has 1 saturated heterocycles. The van der Waals surface area contributed by atoms with Gasteiger partial charge in [-0.05, 0) is 69.2 Å². The first-order valence-corrected chi connectivity index (χ1v) is 13.7. The van der Waals surface area contributed by atoms with Crippen LogP contribution in [-0.4, -0.2) is 37.6 Å². The van der Waals surface area contributed by atoms with Crippen molar-refractivity contribution < 1.29 is 18.0 Å². The third kappa shape index (κ3) is 5.02. The Kier molecular flexibility index (Phi) is 6.80. The van der Waals surface area contributed by atoms with Crippen LogP contribution in [0.1, 0.15) is 57.1 Å². The molecule has 31 heavy (non-hydrogen) atoms. The lowest BCUT2D eigenvalue weighted by atomic mass is 9.99. The van der Waals surface area contributed by atoms with Gasteiger partial charge in [0.1, 0.15) is 4.21 Å². The van der Waals surface area contributed by atoms with Crippen molar-refractivity contribution >= 4 is 44.5 Å². The molecule has 2 aromatic rings. The highest BCUT2D eigenvalue weighted by molar-refractivity contribution is 7.91. The first-order chi connectivity index (χ1) is 14.8. The number of carbonyl (C=O) groups is 2. The number of aryl methyl sites for hydroxylation is 3. The second-order valence-corrected chi connectivity index (χ2v) is 12.7. The summed E-state index contributed by atoms with van der Waals surface area (Å²) in [5.74, 6) is -1.17. The van der Waals surface area contributed by atoms with E-state index in [-0.39, 0.29) is 18.4 Å². The van der Waals surface area contributed by atoms with Gasteiger partial charge >= 0.3 is 0 Å². The molecule has 4 rings (SSSR count). The lowest BCUT2D eigenvalue weighted by molar-refractivity contribution is -0.126. The topological polar surface area (TPSA) is 95.6 Å². The molecule has 0 bridgehead atoms. The lowest BCUT2D eigenvalue weighted by Gasteiger charge is -2.30. The van der Waals surface area contributed by atoms with Crippen LogP contribution < -0.4 is 10.9 Å². The molecule has 0 spiro atoms. The van der Waals surface area contributed by atoms with Crippen LogP contribution in [0.5, 0.6) is 0 Å². The van der Waals surface area contributed by atoms with E-state index in [9.17, 15) is 18.0 Å². The van der Waals surface area contributed by atoms with E-state index in [2.05, 4.69) is 10.9 Å². The number of fused-ring (bicyclic) bond motifs is 1. The average Bonchev–Trinajstić information content (AvgIpc) is 3.32. The number of rotatable bonds is 4. The minimum atomic E-state index is -3.60. The number of hydrogen-bond donors (Lipinski definition) is 2. The lowest BCUT2D eigenvalue weighted by Crippen LogP contribution is -2.49. The number of carbonyl (C=O) groups excluding carboxylic acids is 2. The number of nitrogens with one attached hydrogen (secondary N) is 2. The number of hydrazine groups is 1. The maximum atomic E-state index is 12.9. The largest absolute Gasteiger partial charge is 0.279 e. The highest BCUT2D eigenvalue weighted by atomic mass is 32.2. The molecule has 1 atom stereocenters. The summed E-state index contributed by atoms with van der Waals surface area (Å²) in [7, 11) is -3.60. The van der Waals surface area contributed by atoms with Crippen LogP contribution in [0, 0.1) is 12.8 Å². The number of piperidine rings is 1. The highest BCUT2D eigenvalue weighted by Gasteiger charge is 2.34. The standard InChI is InChI=1S/C21H27N3O4S3/c1-14-9-10-19(29-14)31(27,28)24-11-5-7-16(13-24)20(25)22-23-21(26)18-12-15-6-3-2-4-8-17(15)30-18/h9-10,12,16H,2-8,11,13H2,1H3,(H,22,25)(H,23,26). The summed E-state index contributed by atoms with van der Waals surface area (Å²) in [6.45, 7) is 2.38. The van der Waals surface area contributed by atoms with Gasteiger partial charge in [-0.3, -0.25) is 20.4 Å². The second kappa shape index (κ2) is 9.40. The molecule has 0 radical (unpaired) electrons. The fourth-order valence-electron chi connectivity index (χ4n) is 4.11. The van der Waals surface area contributed by atoms with Gasteiger partial charge in [0, 0.05) is 22.8 Å². The molecule has 1 fully saturated rings. The van der Waals surface area contributed by atoms with E-state index < -0.39 is 15.9 Å². The first-order valence-electron chi connectivity index (χ1n) is 10.6. The Labute approximate surface area is 190 Å². The molecule has 0 aromatic carbocycles. The van der Waals surface area contributed by atoms with E-state index in [0.717, 1.165) is 30.6 Å². The summed E-state index contributed by atoms with van der Waals surface area (Å²) in [6.07, 6.45) is 6.72. The molecule has 2 aliphatic rings. The van der Waals surface area contributed by atoms with Crippen LogP contribution in [0.3, 0.4) is 0 Å². The zero-order valence-corrected chi connectivity index (χ0v) is 19.9. The summed E-state index contributed by atoms with van der Waals surface area (Å²) in [5.41, 5.74) is 6.27. The van der Waals surface area contributed by atoms with Crippen molar-refractivity contribution in [2.75, 3.05) is 13.1 Å². The molecule has 3 heterocycles. The monoisotopic (exact) mass is 481 g/mol. The van der Waals surface area contributed by atoms with Crippen molar-refractivity contribution in [1.82, 2.24) is 15.2 Å². The first kappa shape index (κ1) is 22.4. The molecule has 2 aromatic heterocycles. The number of thiophene rings is 2. The van der Waals surface area contributed by atoms with Gasteiger partial charge in [-0.15, -0.1) is 22.7 Å². The fourth-order valence-corrected chi connectivity index (χ4v) is 8.22. The third-order valence-electron chi connectivity index (χ3n) is 5.83. The molecule has 7 nitrogen and oxygen atoms in total. The average molecular weight is 482 g/mol. The molecule has 1 aliphatic carbocycles. The zero-order valence-electron chi connectivity index (χ0n) is 17.5. The Balaban J connectivity index is 1.35. The van der Waals surface area contributed by atoms with E-state index in [1.54, 1.807) is 12.1 Å². The molecule has 2 amide bonds. The SMILES string of the molecule is Cc1ccc(S(=O)(=O)N2CCCC(C(=O)NNC(=O)c3cc4c(s3)CCCCC4)C2)s1. The number of nitrogens with zero attached hydrogens (tertiary/aromatic N) is 1. The predicted molar refractivity (Wildman–Crippen MR) is 122 cm³/mol. The van der Waals surface area contributed by atoms with E-state index >= 15 is 0 Å². The second-order valence-electron chi connectivity index (χ2n) is 8.13. The summed E-state index contributed by atoms with van der Waals surface area (Å²) < 4.78 is 27.4. The fraction of sp³-hybridized carbons (Fsp3) is 0.524. The number of sulfonamides is 1. The van der Waals surface area contributed by atoms with E-state index in [1.807, 2.05) is 13.0 Å². The molecule has 10 heteroatoms. The Bertz CT molecular complexity index is 1050. The van der Waals surface area contributed by atoms with Crippen molar-refractivity contribution in [3.63, 3.8) is 0 Å². The smallest absolute Gasteiger partial charge is 0.273 e. The van der Waals surface area contributed by atoms with Crippen LogP contribution >= 0.6 is 22.7 Å². The van der Waals surface area contributed by atoms with Crippen molar-refractivity contribution in [3.8, 4) is 0 Å². The van der Waals surface area contributed by atoms with Crippen LogP contribution in [0.15, 0.2) is 22.4 Å². The molecule has 2 N–H and O–H groups in total. The van der Waals surface area contributed by atoms with E-state index in [4.69, 9.17) is 0 Å². The summed E-state index contributed by atoms with van der Waals surface area (Å²) in [4.78, 5) is 28.0. The molecular weight excluding hydrogens is 454 g/mol. The van der Waals surface area contributed by atoms with Crippen LogP contribution in [0.4, 0.5) is 0 Å². The summed E-state index contributed by atoms with van der Waals surface area (Å²) in [5, 5.41) is 0. The van der Waals surface area contributed by atoms with Gasteiger partial charge < -0.3 is 0 Å². The van der Waals surface area contributed by atoms with Crippen molar-refractivity contribution in [2.45, 2.75) is 56.1 Å². The van der Waals surface area contributed by atoms with Gasteiger partial charge in [-0.2, -0.15) is 4.31 Å². The Hall–Kier alpha value is -1.75. The van der Waals surface area contributed by atoms with Gasteiger partial charge in [0.05, 0.1) is 10.8 Å². The quantitative estimate of drug-likeness (QED) is 0.518. The molecular formula is C21H27N3O4S3. The van der Waals surface area contributed by atoms with Crippen molar-refractivity contribution in [1.29, 1.82) is 0 Å². The minimum Gasteiger partial charge on any atom is -0.273 e. The van der Waals surface area contributed by atoms with Crippen molar-refractivity contribution in [2.24, 2.45) is 5.92 Å². The van der Waals surface area contributed by atoms with Gasteiger partial charge in [-0.1, -0.05) is 6.42 Å². The normalized spacial score (nSPS) is 20.0. The number of hydrogen-bond acceptors (Lipinski definition) is 6. The Morgan fingerprint density at radius 2 is 1.87 bits per heavy atom. The highest BCUT2D eigenvalue weighted by Crippen LogP contribution is 2.30. The van der Waals surface area contributed by atoms with Crippen LogP contribution in [0.2, 0.25) is 0 Å². The van der Waals surface area contributed by atoms with Crippen LogP contribution in [-0.2, 0) is 27.7 Å². The summed E-state index contributed by atoms with van der Waals surface area (Å²) in [6, 6.07) is 5.33. The molecule has 1 unspecified atom stereocenters. The molecule has 0 saturated carbocycles. The molecule has 168 valence electrons. The van der Waals surface area contributed by atoms with Gasteiger partial charge in [0.15, 0.2) is 0 Å². The minimum absolute atomic E-state index is 0.119. The van der Waals surface area contributed by atoms with Crippen molar-refractivity contribution in [3.05, 3.63) is 38.4 Å². The molecule has 1 aliphatic heterocycles. The summed E-state index contributed by atoms with van der Waals surface area (Å²) >= 11 is 2.73. The van der Waals surface area contributed by atoms with Gasteiger partial charge in [0.25, 0.3) is 15.9 Å². The van der Waals surface area contributed by atoms with Gasteiger partial charge in [-0.25, -0.2) is 8.42 Å². The third-order valence-corrected chi connectivity index (χ3v) is 10.4. The number of amides is 2. The Morgan fingerprint density at radius 1 is 1.06 bits per heavy atom. The van der Waals surface area contributed by atoms with Gasteiger partial charge in [0.2, 0.25) is 5.91 Å². The Morgan fingerprint density at radius 3 is 2.65 bits per heavy atom. The maximum Gasteiger partial charge on any atom is 0.279 e. The predicted octanol–water partition coefficient (Wildman–Crippen LogP) is 3.25.